The standard InChI is InChI=1S/C29H30N2O2/c1-3-28-14-7-16-31-17-15-29(27(28)31)23-18-21(11-10-20-8-5-4-6-9-20)12-13-24(23)30-25(29)22(19-28)26(32)33-2/h4-14,18,27,30H,3,15-17,19H2,1-2H3/b11-10+/t27-,28-,29-/m0/s1. The normalized spacial score (nSPS) is 29.6. The smallest absolute Gasteiger partial charge is 0.335 e. The summed E-state index contributed by atoms with van der Waals surface area (Å²) in [4.78, 5) is 15.7. The highest BCUT2D eigenvalue weighted by Gasteiger charge is 2.65. The zero-order valence-corrected chi connectivity index (χ0v) is 19.3. The van der Waals surface area contributed by atoms with Gasteiger partial charge in [-0.05, 0) is 48.1 Å². The molecule has 0 bridgehead atoms. The Morgan fingerprint density at radius 1 is 1.18 bits per heavy atom. The SMILES string of the molecule is CC[C@]12C=CCN3CC[C@]4(C(=C(C(=O)OC)C1)Nc1ccc(/C=C/c5ccccc5)cc14)[C@@H]32. The van der Waals surface area contributed by atoms with Crippen LogP contribution in [0.25, 0.3) is 12.2 Å². The minimum absolute atomic E-state index is 0.0546. The van der Waals surface area contributed by atoms with Gasteiger partial charge in [0.05, 0.1) is 18.1 Å². The van der Waals surface area contributed by atoms with Crippen molar-refractivity contribution in [1.82, 2.24) is 4.90 Å². The number of anilines is 1. The van der Waals surface area contributed by atoms with Crippen molar-refractivity contribution < 1.29 is 9.53 Å². The first-order valence-electron chi connectivity index (χ1n) is 12.0. The van der Waals surface area contributed by atoms with E-state index in [4.69, 9.17) is 4.74 Å². The van der Waals surface area contributed by atoms with E-state index in [2.05, 4.69) is 83.9 Å². The van der Waals surface area contributed by atoms with Crippen molar-refractivity contribution in [3.63, 3.8) is 0 Å². The van der Waals surface area contributed by atoms with Crippen molar-refractivity contribution in [3.8, 4) is 0 Å². The number of fused-ring (bicyclic) bond motifs is 1. The van der Waals surface area contributed by atoms with Gasteiger partial charge in [-0.25, -0.2) is 4.79 Å². The van der Waals surface area contributed by atoms with E-state index in [-0.39, 0.29) is 16.8 Å². The molecule has 3 heterocycles. The summed E-state index contributed by atoms with van der Waals surface area (Å²) in [5.41, 5.74) is 6.49. The third-order valence-corrected chi connectivity index (χ3v) is 8.36. The molecule has 0 saturated carbocycles. The molecule has 1 fully saturated rings. The lowest BCUT2D eigenvalue weighted by Gasteiger charge is -2.53. The zero-order valence-electron chi connectivity index (χ0n) is 19.3. The number of carbonyl (C=O) groups is 1. The van der Waals surface area contributed by atoms with Crippen LogP contribution in [0.5, 0.6) is 0 Å². The van der Waals surface area contributed by atoms with Gasteiger partial charge >= 0.3 is 5.97 Å². The minimum atomic E-state index is -0.200. The average molecular weight is 439 g/mol. The Morgan fingerprint density at radius 2 is 2.00 bits per heavy atom. The van der Waals surface area contributed by atoms with Crippen LogP contribution in [-0.4, -0.2) is 37.1 Å². The maximum absolute atomic E-state index is 13.0. The third-order valence-electron chi connectivity index (χ3n) is 8.36. The first-order chi connectivity index (χ1) is 16.1. The van der Waals surface area contributed by atoms with E-state index in [1.807, 2.05) is 6.07 Å². The summed E-state index contributed by atoms with van der Waals surface area (Å²) in [6.07, 6.45) is 11.8. The first kappa shape index (κ1) is 20.5. The van der Waals surface area contributed by atoms with Crippen LogP contribution in [0, 0.1) is 5.41 Å². The number of ether oxygens (including phenoxy) is 1. The molecule has 2 aromatic carbocycles. The quantitative estimate of drug-likeness (QED) is 0.395. The molecule has 4 nitrogen and oxygen atoms in total. The van der Waals surface area contributed by atoms with E-state index in [0.29, 0.717) is 6.04 Å². The van der Waals surface area contributed by atoms with Crippen molar-refractivity contribution in [2.24, 2.45) is 5.41 Å². The number of methoxy groups -OCH3 is 1. The van der Waals surface area contributed by atoms with Gasteiger partial charge in [0.15, 0.2) is 0 Å². The van der Waals surface area contributed by atoms with Crippen LogP contribution in [0.15, 0.2) is 72.0 Å². The number of hydrogen-bond acceptors (Lipinski definition) is 4. The number of esters is 1. The van der Waals surface area contributed by atoms with Gasteiger partial charge in [-0.3, -0.25) is 4.90 Å². The monoisotopic (exact) mass is 438 g/mol. The molecule has 4 heteroatoms. The second-order valence-electron chi connectivity index (χ2n) is 9.80. The predicted octanol–water partition coefficient (Wildman–Crippen LogP) is 5.39. The number of rotatable bonds is 4. The molecular formula is C29H30N2O2. The van der Waals surface area contributed by atoms with Crippen LogP contribution < -0.4 is 5.32 Å². The van der Waals surface area contributed by atoms with Crippen molar-refractivity contribution in [2.45, 2.75) is 37.6 Å². The van der Waals surface area contributed by atoms with Crippen LogP contribution in [0.1, 0.15) is 42.9 Å². The summed E-state index contributed by atoms with van der Waals surface area (Å²) in [7, 11) is 1.50. The summed E-state index contributed by atoms with van der Waals surface area (Å²) < 4.78 is 5.29. The molecule has 4 aliphatic rings. The Kier molecular flexibility index (Phi) is 4.63. The van der Waals surface area contributed by atoms with E-state index >= 15 is 0 Å². The van der Waals surface area contributed by atoms with E-state index < -0.39 is 0 Å². The highest BCUT2D eigenvalue weighted by molar-refractivity contribution is 5.93. The molecular weight excluding hydrogens is 408 g/mol. The third kappa shape index (κ3) is 2.83. The van der Waals surface area contributed by atoms with E-state index in [0.717, 1.165) is 49.3 Å². The van der Waals surface area contributed by atoms with Gasteiger partial charge in [-0.1, -0.05) is 67.6 Å². The van der Waals surface area contributed by atoms with Gasteiger partial charge in [0, 0.05) is 35.9 Å². The summed E-state index contributed by atoms with van der Waals surface area (Å²) in [5.74, 6) is -0.197. The van der Waals surface area contributed by atoms with Crippen molar-refractivity contribution in [2.75, 3.05) is 25.5 Å². The zero-order chi connectivity index (χ0) is 22.6. The molecule has 1 N–H and O–H groups in total. The highest BCUT2D eigenvalue weighted by atomic mass is 16.5. The molecule has 0 radical (unpaired) electrons. The number of benzene rings is 2. The molecule has 3 aliphatic heterocycles. The average Bonchev–Trinajstić information content (AvgIpc) is 3.42. The molecule has 33 heavy (non-hydrogen) atoms. The van der Waals surface area contributed by atoms with E-state index in [1.165, 1.54) is 23.8 Å². The number of carbonyl (C=O) groups excluding carboxylic acids is 1. The van der Waals surface area contributed by atoms with E-state index in [1.54, 1.807) is 0 Å². The molecule has 0 unspecified atom stereocenters. The Labute approximate surface area is 195 Å². The highest BCUT2D eigenvalue weighted by Crippen LogP contribution is 2.64. The Hall–Kier alpha value is -3.11. The van der Waals surface area contributed by atoms with Gasteiger partial charge < -0.3 is 10.1 Å². The topological polar surface area (TPSA) is 41.6 Å². The van der Waals surface area contributed by atoms with Crippen LogP contribution in [0.3, 0.4) is 0 Å². The fraction of sp³-hybridized carbons (Fsp3) is 0.345. The van der Waals surface area contributed by atoms with Crippen molar-refractivity contribution in [1.29, 1.82) is 0 Å². The number of hydrogen-bond donors (Lipinski definition) is 1. The molecule has 6 rings (SSSR count). The number of nitrogens with one attached hydrogen (secondary N) is 1. The molecule has 0 amide bonds. The minimum Gasteiger partial charge on any atom is -0.466 e. The van der Waals surface area contributed by atoms with Gasteiger partial charge in [0.2, 0.25) is 0 Å². The Bertz CT molecular complexity index is 1210. The number of nitrogens with zero attached hydrogens (tertiary/aromatic N) is 1. The molecule has 1 spiro atoms. The maximum atomic E-state index is 13.0. The maximum Gasteiger partial charge on any atom is 0.335 e. The molecule has 168 valence electrons. The first-order valence-corrected chi connectivity index (χ1v) is 12.0. The van der Waals surface area contributed by atoms with Gasteiger partial charge in [0.1, 0.15) is 0 Å². The van der Waals surface area contributed by atoms with Crippen LogP contribution >= 0.6 is 0 Å². The molecule has 1 aliphatic carbocycles. The lowest BCUT2D eigenvalue weighted by atomic mass is 9.55. The van der Waals surface area contributed by atoms with E-state index in [9.17, 15) is 4.79 Å². The van der Waals surface area contributed by atoms with Crippen LogP contribution in [0.4, 0.5) is 5.69 Å². The molecule has 0 aromatic heterocycles. The second-order valence-corrected chi connectivity index (χ2v) is 9.80. The summed E-state index contributed by atoms with van der Waals surface area (Å²) in [5, 5.41) is 3.70. The van der Waals surface area contributed by atoms with Gasteiger partial charge in [0.25, 0.3) is 0 Å². The largest absolute Gasteiger partial charge is 0.466 e. The fourth-order valence-electron chi connectivity index (χ4n) is 6.94. The summed E-state index contributed by atoms with van der Waals surface area (Å²) >= 11 is 0. The van der Waals surface area contributed by atoms with Gasteiger partial charge in [-0.2, -0.15) is 0 Å². The summed E-state index contributed by atoms with van der Waals surface area (Å²) in [6, 6.07) is 17.4. The molecule has 1 saturated heterocycles. The molecule has 3 atom stereocenters. The van der Waals surface area contributed by atoms with Crippen molar-refractivity contribution in [3.05, 3.63) is 88.6 Å². The Balaban J connectivity index is 1.52. The lowest BCUT2D eigenvalue weighted by Crippen LogP contribution is -2.58. The van der Waals surface area contributed by atoms with Crippen LogP contribution in [0.2, 0.25) is 0 Å². The lowest BCUT2D eigenvalue weighted by molar-refractivity contribution is -0.137. The Morgan fingerprint density at radius 3 is 2.79 bits per heavy atom. The second kappa shape index (κ2) is 7.46. The molecule has 2 aromatic rings. The van der Waals surface area contributed by atoms with Gasteiger partial charge in [-0.15, -0.1) is 0 Å². The fourth-order valence-corrected chi connectivity index (χ4v) is 6.94. The van der Waals surface area contributed by atoms with Crippen molar-refractivity contribution >= 4 is 23.8 Å². The predicted molar refractivity (Wildman–Crippen MR) is 133 cm³/mol. The summed E-state index contributed by atoms with van der Waals surface area (Å²) in [6.45, 7) is 4.29. The van der Waals surface area contributed by atoms with Crippen LogP contribution in [-0.2, 0) is 14.9 Å².